The first-order chi connectivity index (χ1) is 15.2. The molecule has 2 aromatic carbocycles. The fraction of sp³-hybridized carbons (Fsp3) is 0.273. The number of hydrogen-bond donors (Lipinski definition) is 0. The second kappa shape index (κ2) is 10.4. The van der Waals surface area contributed by atoms with Crippen LogP contribution in [0.3, 0.4) is 0 Å². The summed E-state index contributed by atoms with van der Waals surface area (Å²) in [7, 11) is 2.80. The number of carbonyl (C=O) groups is 1. The molecule has 0 aliphatic carbocycles. The number of nitrogens with zero attached hydrogens (tertiary/aromatic N) is 3. The summed E-state index contributed by atoms with van der Waals surface area (Å²) in [6, 6.07) is 8.92. The van der Waals surface area contributed by atoms with Gasteiger partial charge < -0.3 is 14.2 Å². The lowest BCUT2D eigenvalue weighted by molar-refractivity contribution is -0.142. The van der Waals surface area contributed by atoms with E-state index in [-0.39, 0.29) is 18.1 Å². The van der Waals surface area contributed by atoms with Gasteiger partial charge in [-0.1, -0.05) is 29.8 Å². The highest BCUT2D eigenvalue weighted by molar-refractivity contribution is 14.1. The van der Waals surface area contributed by atoms with Crippen LogP contribution in [0.15, 0.2) is 44.7 Å². The van der Waals surface area contributed by atoms with E-state index in [1.807, 2.05) is 26.0 Å². The van der Waals surface area contributed by atoms with Crippen molar-refractivity contribution < 1.29 is 19.0 Å². The van der Waals surface area contributed by atoms with E-state index < -0.39 is 5.97 Å². The van der Waals surface area contributed by atoms with Crippen molar-refractivity contribution in [1.29, 1.82) is 0 Å². The van der Waals surface area contributed by atoms with Gasteiger partial charge in [0.1, 0.15) is 5.82 Å². The van der Waals surface area contributed by atoms with Gasteiger partial charge in [-0.05, 0) is 58.5 Å². The molecule has 0 amide bonds. The van der Waals surface area contributed by atoms with E-state index in [1.165, 1.54) is 18.9 Å². The van der Waals surface area contributed by atoms with Crippen molar-refractivity contribution in [2.24, 2.45) is 5.10 Å². The Bertz CT molecular complexity index is 1260. The fourth-order valence-corrected chi connectivity index (χ4v) is 4.06. The van der Waals surface area contributed by atoms with Crippen molar-refractivity contribution in [1.82, 2.24) is 9.66 Å². The number of ether oxygens (including phenoxy) is 3. The van der Waals surface area contributed by atoms with Gasteiger partial charge in [0, 0.05) is 10.4 Å². The molecule has 168 valence electrons. The molecule has 0 spiro atoms. The maximum atomic E-state index is 13.1. The highest BCUT2D eigenvalue weighted by Crippen LogP contribution is 2.33. The zero-order valence-electron chi connectivity index (χ0n) is 17.9. The Morgan fingerprint density at radius 2 is 2.03 bits per heavy atom. The number of rotatable bonds is 7. The summed E-state index contributed by atoms with van der Waals surface area (Å²) in [5, 5.41) is 4.91. The maximum absolute atomic E-state index is 13.1. The molecule has 0 saturated heterocycles. The van der Waals surface area contributed by atoms with Gasteiger partial charge in [0.05, 0.1) is 34.9 Å². The van der Waals surface area contributed by atoms with E-state index in [9.17, 15) is 9.59 Å². The maximum Gasteiger partial charge on any atom is 0.343 e. The Balaban J connectivity index is 2.04. The third kappa shape index (κ3) is 5.29. The first kappa shape index (κ1) is 24.2. The molecule has 0 fully saturated rings. The topological polar surface area (TPSA) is 92.0 Å². The minimum Gasteiger partial charge on any atom is -0.493 e. The minimum absolute atomic E-state index is 0.0170. The molecule has 0 radical (unpaired) electrons. The van der Waals surface area contributed by atoms with Gasteiger partial charge in [0.25, 0.3) is 5.56 Å². The average molecular weight is 614 g/mol. The lowest BCUT2D eigenvalue weighted by Crippen LogP contribution is -2.23. The monoisotopic (exact) mass is 613 g/mol. The van der Waals surface area contributed by atoms with Crippen molar-refractivity contribution in [3.63, 3.8) is 0 Å². The van der Waals surface area contributed by atoms with Crippen LogP contribution in [0.1, 0.15) is 31.2 Å². The fourth-order valence-electron chi connectivity index (χ4n) is 2.92. The van der Waals surface area contributed by atoms with Crippen LogP contribution in [0.5, 0.6) is 11.5 Å². The molecule has 1 aromatic heterocycles. The molecule has 32 heavy (non-hydrogen) atoms. The molecule has 3 rings (SSSR count). The van der Waals surface area contributed by atoms with Crippen LogP contribution >= 0.6 is 38.5 Å². The summed E-state index contributed by atoms with van der Waals surface area (Å²) in [5.41, 5.74) is 1.06. The summed E-state index contributed by atoms with van der Waals surface area (Å²) in [5.74, 6) is 0.897. The summed E-state index contributed by atoms with van der Waals surface area (Å²) in [4.78, 5) is 29.2. The molecule has 0 unspecified atom stereocenters. The molecule has 0 saturated carbocycles. The lowest BCUT2D eigenvalue weighted by Gasteiger charge is -2.13. The highest BCUT2D eigenvalue weighted by Gasteiger charge is 2.15. The molecule has 8 nitrogen and oxygen atoms in total. The van der Waals surface area contributed by atoms with Gasteiger partial charge in [-0.3, -0.25) is 4.79 Å². The van der Waals surface area contributed by atoms with Gasteiger partial charge >= 0.3 is 5.97 Å². The van der Waals surface area contributed by atoms with Crippen molar-refractivity contribution in [3.05, 3.63) is 60.1 Å². The second-order valence-corrected chi connectivity index (χ2v) is 9.12. The number of halogens is 2. The zero-order chi connectivity index (χ0) is 23.4. The molecule has 0 atom stereocenters. The first-order valence-electron chi connectivity index (χ1n) is 9.58. The van der Waals surface area contributed by atoms with Crippen LogP contribution < -0.4 is 15.0 Å². The summed E-state index contributed by atoms with van der Waals surface area (Å²) in [6.07, 6.45) is 1.56. The number of fused-ring (bicyclic) bond motifs is 1. The number of aromatic nitrogens is 2. The summed E-state index contributed by atoms with van der Waals surface area (Å²) >= 11 is 5.48. The Kier molecular flexibility index (Phi) is 7.88. The normalized spacial score (nSPS) is 11.3. The van der Waals surface area contributed by atoms with Gasteiger partial charge in [-0.2, -0.15) is 9.78 Å². The van der Waals surface area contributed by atoms with Gasteiger partial charge in [-0.15, -0.1) is 0 Å². The third-order valence-corrected chi connectivity index (χ3v) is 5.78. The van der Waals surface area contributed by atoms with Crippen molar-refractivity contribution in [3.8, 4) is 11.5 Å². The third-order valence-electron chi connectivity index (χ3n) is 4.49. The summed E-state index contributed by atoms with van der Waals surface area (Å²) in [6.45, 7) is 3.68. The Morgan fingerprint density at radius 3 is 2.69 bits per heavy atom. The molecule has 0 aliphatic rings. The molecular weight excluding hydrogens is 593 g/mol. The van der Waals surface area contributed by atoms with Gasteiger partial charge in [-0.25, -0.2) is 9.78 Å². The largest absolute Gasteiger partial charge is 0.493 e. The smallest absolute Gasteiger partial charge is 0.343 e. The van der Waals surface area contributed by atoms with Crippen LogP contribution in [-0.2, 0) is 9.53 Å². The van der Waals surface area contributed by atoms with Crippen molar-refractivity contribution in [2.75, 3.05) is 20.8 Å². The number of esters is 1. The molecule has 1 heterocycles. The SMILES string of the molecule is COC(=O)COc1c(I)cc(C=Nn2c(C(C)C)nc3ccc(Br)cc3c2=O)cc1OC. The predicted molar refractivity (Wildman–Crippen MR) is 134 cm³/mol. The quantitative estimate of drug-likeness (QED) is 0.224. The summed E-state index contributed by atoms with van der Waals surface area (Å²) < 4.78 is 18.4. The van der Waals surface area contributed by atoms with Crippen molar-refractivity contribution >= 4 is 61.6 Å². The lowest BCUT2D eigenvalue weighted by atomic mass is 10.2. The number of hydrogen-bond acceptors (Lipinski definition) is 7. The van der Waals surface area contributed by atoms with E-state index in [4.69, 9.17) is 9.47 Å². The van der Waals surface area contributed by atoms with E-state index in [0.717, 1.165) is 4.47 Å². The van der Waals surface area contributed by atoms with Crippen LogP contribution in [0.4, 0.5) is 0 Å². The Labute approximate surface area is 206 Å². The van der Waals surface area contributed by atoms with Crippen molar-refractivity contribution in [2.45, 2.75) is 19.8 Å². The van der Waals surface area contributed by atoms with E-state index >= 15 is 0 Å². The molecule has 0 aliphatic heterocycles. The van der Waals surface area contributed by atoms with E-state index in [0.29, 0.717) is 37.4 Å². The van der Waals surface area contributed by atoms with E-state index in [2.05, 4.69) is 53.3 Å². The predicted octanol–water partition coefficient (Wildman–Crippen LogP) is 4.33. The van der Waals surface area contributed by atoms with E-state index in [1.54, 1.807) is 24.4 Å². The van der Waals surface area contributed by atoms with Gasteiger partial charge in [0.15, 0.2) is 18.1 Å². The highest BCUT2D eigenvalue weighted by atomic mass is 127. The van der Waals surface area contributed by atoms with Crippen LogP contribution in [-0.4, -0.2) is 42.7 Å². The number of carbonyl (C=O) groups excluding carboxylic acids is 1. The average Bonchev–Trinajstić information content (AvgIpc) is 2.77. The zero-order valence-corrected chi connectivity index (χ0v) is 21.6. The number of methoxy groups -OCH3 is 2. The minimum atomic E-state index is -0.496. The van der Waals surface area contributed by atoms with Crippen LogP contribution in [0.25, 0.3) is 10.9 Å². The number of benzene rings is 2. The van der Waals surface area contributed by atoms with Gasteiger partial charge in [0.2, 0.25) is 0 Å². The standard InChI is InChI=1S/C22H21BrIN3O5/c1-12(2)21-26-17-6-5-14(23)9-15(17)22(29)27(21)25-10-13-7-16(24)20(18(8-13)30-3)32-11-19(28)31-4/h5-10,12H,11H2,1-4H3. The Hall–Kier alpha value is -2.47. The van der Waals surface area contributed by atoms with Crippen LogP contribution in [0.2, 0.25) is 0 Å². The molecule has 0 bridgehead atoms. The van der Waals surface area contributed by atoms with Crippen LogP contribution in [0, 0.1) is 3.57 Å². The molecular formula is C22H21BrIN3O5. The first-order valence-corrected chi connectivity index (χ1v) is 11.5. The Morgan fingerprint density at radius 1 is 1.28 bits per heavy atom. The molecule has 10 heteroatoms. The molecule has 3 aromatic rings. The molecule has 0 N–H and O–H groups in total. The second-order valence-electron chi connectivity index (χ2n) is 7.05.